The molecule has 3 rings (SSSR count). The minimum absolute atomic E-state index is 0.0571. The third kappa shape index (κ3) is 6.15. The van der Waals surface area contributed by atoms with Crippen molar-refractivity contribution >= 4 is 38.9 Å². The zero-order valence-corrected chi connectivity index (χ0v) is 19.1. The maximum Gasteiger partial charge on any atom is 0.289 e. The number of benzene rings is 2. The maximum atomic E-state index is 13.4. The Balaban J connectivity index is 1.85. The molecule has 168 valence electrons. The van der Waals surface area contributed by atoms with Gasteiger partial charge in [0.25, 0.3) is 5.69 Å². The monoisotopic (exact) mass is 487 g/mol. The predicted molar refractivity (Wildman–Crippen MR) is 119 cm³/mol. The van der Waals surface area contributed by atoms with Gasteiger partial charge in [-0.05, 0) is 36.7 Å². The van der Waals surface area contributed by atoms with Gasteiger partial charge in [-0.3, -0.25) is 15.0 Å². The van der Waals surface area contributed by atoms with E-state index in [9.17, 15) is 18.5 Å². The summed E-state index contributed by atoms with van der Waals surface area (Å²) in [6, 6.07) is 10.5. The molecule has 0 radical (unpaired) electrons. The summed E-state index contributed by atoms with van der Waals surface area (Å²) in [6.45, 7) is 3.95. The number of ether oxygens (including phenoxy) is 1. The van der Waals surface area contributed by atoms with E-state index in [1.807, 2.05) is 0 Å². The van der Waals surface area contributed by atoms with Crippen molar-refractivity contribution in [2.75, 3.05) is 39.4 Å². The Kier molecular flexibility index (Phi) is 8.26. The SMILES string of the molecule is O=[N+]([O-])c1cc(S(=O)(=O)N(CCCN2CCOCC2)Cc2ccccc2Cl)ccc1Cl. The van der Waals surface area contributed by atoms with Crippen LogP contribution < -0.4 is 0 Å². The van der Waals surface area contributed by atoms with Crippen molar-refractivity contribution in [3.8, 4) is 0 Å². The minimum Gasteiger partial charge on any atom is -0.379 e. The summed E-state index contributed by atoms with van der Waals surface area (Å²) in [6.07, 6.45) is 0.597. The van der Waals surface area contributed by atoms with E-state index in [0.29, 0.717) is 30.2 Å². The molecule has 0 saturated carbocycles. The number of nitro benzene ring substituents is 1. The number of rotatable bonds is 9. The molecule has 1 aliphatic rings. The zero-order valence-electron chi connectivity index (χ0n) is 16.7. The second-order valence-electron chi connectivity index (χ2n) is 7.11. The molecule has 0 bridgehead atoms. The van der Waals surface area contributed by atoms with Crippen LogP contribution in [0.2, 0.25) is 10.0 Å². The number of nitro groups is 1. The van der Waals surface area contributed by atoms with Crippen LogP contribution in [0.25, 0.3) is 0 Å². The Morgan fingerprint density at radius 2 is 1.81 bits per heavy atom. The zero-order chi connectivity index (χ0) is 22.4. The molecule has 1 fully saturated rings. The van der Waals surface area contributed by atoms with Gasteiger partial charge in [0.2, 0.25) is 10.0 Å². The van der Waals surface area contributed by atoms with Crippen LogP contribution in [0.15, 0.2) is 47.4 Å². The fraction of sp³-hybridized carbons (Fsp3) is 0.400. The third-order valence-corrected chi connectivity index (χ3v) is 7.57. The summed E-state index contributed by atoms with van der Waals surface area (Å²) >= 11 is 12.1. The van der Waals surface area contributed by atoms with Crippen LogP contribution in [0.3, 0.4) is 0 Å². The molecule has 0 amide bonds. The largest absolute Gasteiger partial charge is 0.379 e. The quantitative estimate of drug-likeness (QED) is 0.394. The van der Waals surface area contributed by atoms with E-state index >= 15 is 0 Å². The highest BCUT2D eigenvalue weighted by atomic mass is 35.5. The van der Waals surface area contributed by atoms with Gasteiger partial charge >= 0.3 is 0 Å². The van der Waals surface area contributed by atoms with Crippen LogP contribution in [0.5, 0.6) is 0 Å². The first-order valence-corrected chi connectivity index (χ1v) is 12.0. The second kappa shape index (κ2) is 10.7. The Labute approximate surface area is 191 Å². The normalized spacial score (nSPS) is 15.3. The highest BCUT2D eigenvalue weighted by Crippen LogP contribution is 2.30. The lowest BCUT2D eigenvalue weighted by Gasteiger charge is -2.28. The van der Waals surface area contributed by atoms with E-state index < -0.39 is 20.6 Å². The molecule has 1 aliphatic heterocycles. The molecule has 8 nitrogen and oxygen atoms in total. The van der Waals surface area contributed by atoms with Crippen molar-refractivity contribution < 1.29 is 18.1 Å². The first-order chi connectivity index (χ1) is 14.8. The number of nitrogens with zero attached hydrogens (tertiary/aromatic N) is 3. The highest BCUT2D eigenvalue weighted by Gasteiger charge is 2.28. The van der Waals surface area contributed by atoms with E-state index in [1.54, 1.807) is 24.3 Å². The van der Waals surface area contributed by atoms with E-state index in [1.165, 1.54) is 16.4 Å². The molecule has 0 aromatic heterocycles. The number of hydrogen-bond acceptors (Lipinski definition) is 6. The summed E-state index contributed by atoms with van der Waals surface area (Å²) < 4.78 is 33.4. The predicted octanol–water partition coefficient (Wildman–Crippen LogP) is 3.81. The van der Waals surface area contributed by atoms with Gasteiger partial charge in [0.1, 0.15) is 5.02 Å². The minimum atomic E-state index is -4.02. The topological polar surface area (TPSA) is 93.0 Å². The van der Waals surface area contributed by atoms with Gasteiger partial charge in [-0.15, -0.1) is 0 Å². The van der Waals surface area contributed by atoms with Crippen LogP contribution >= 0.6 is 23.2 Å². The summed E-state index contributed by atoms with van der Waals surface area (Å²) in [5, 5.41) is 11.6. The standard InChI is InChI=1S/C20H23Cl2N3O5S/c21-18-5-2-1-4-16(18)15-24(9-3-8-23-10-12-30-13-11-23)31(28,29)17-6-7-19(22)20(14-17)25(26)27/h1-2,4-7,14H,3,8-13,15H2. The smallest absolute Gasteiger partial charge is 0.289 e. The fourth-order valence-corrected chi connectivity index (χ4v) is 5.20. The Hall–Kier alpha value is -1.75. The molecule has 2 aromatic carbocycles. The maximum absolute atomic E-state index is 13.4. The highest BCUT2D eigenvalue weighted by molar-refractivity contribution is 7.89. The third-order valence-electron chi connectivity index (χ3n) is 5.04. The molecule has 0 spiro atoms. The van der Waals surface area contributed by atoms with Gasteiger partial charge in [-0.2, -0.15) is 4.31 Å². The molecule has 31 heavy (non-hydrogen) atoms. The van der Waals surface area contributed by atoms with E-state index in [2.05, 4.69) is 4.90 Å². The van der Waals surface area contributed by atoms with Crippen molar-refractivity contribution in [1.82, 2.24) is 9.21 Å². The van der Waals surface area contributed by atoms with Crippen molar-refractivity contribution in [1.29, 1.82) is 0 Å². The van der Waals surface area contributed by atoms with Gasteiger partial charge in [0.05, 0.1) is 23.0 Å². The average molecular weight is 488 g/mol. The van der Waals surface area contributed by atoms with Crippen LogP contribution in [-0.2, 0) is 21.3 Å². The average Bonchev–Trinajstić information content (AvgIpc) is 2.75. The van der Waals surface area contributed by atoms with Crippen LogP contribution in [-0.4, -0.2) is 61.9 Å². The van der Waals surface area contributed by atoms with E-state index in [-0.39, 0.29) is 23.0 Å². The van der Waals surface area contributed by atoms with Gasteiger partial charge in [0.15, 0.2) is 0 Å². The van der Waals surface area contributed by atoms with Crippen molar-refractivity contribution in [2.24, 2.45) is 0 Å². The van der Waals surface area contributed by atoms with Gasteiger partial charge in [-0.1, -0.05) is 41.4 Å². The van der Waals surface area contributed by atoms with Gasteiger partial charge in [-0.25, -0.2) is 8.42 Å². The Morgan fingerprint density at radius 1 is 1.10 bits per heavy atom. The molecule has 0 atom stereocenters. The number of morpholine rings is 1. The summed E-state index contributed by atoms with van der Waals surface area (Å²) in [4.78, 5) is 12.6. The molecule has 2 aromatic rings. The number of sulfonamides is 1. The van der Waals surface area contributed by atoms with Crippen LogP contribution in [0.1, 0.15) is 12.0 Å². The summed E-state index contributed by atoms with van der Waals surface area (Å²) in [5.74, 6) is 0. The first-order valence-electron chi connectivity index (χ1n) is 9.76. The molecule has 1 saturated heterocycles. The lowest BCUT2D eigenvalue weighted by Crippen LogP contribution is -2.39. The van der Waals surface area contributed by atoms with Gasteiger partial charge < -0.3 is 4.74 Å². The van der Waals surface area contributed by atoms with Crippen molar-refractivity contribution in [3.63, 3.8) is 0 Å². The molecule has 11 heteroatoms. The molecular weight excluding hydrogens is 465 g/mol. The van der Waals surface area contributed by atoms with Crippen LogP contribution in [0, 0.1) is 10.1 Å². The van der Waals surface area contributed by atoms with Crippen molar-refractivity contribution in [2.45, 2.75) is 17.9 Å². The Morgan fingerprint density at radius 3 is 2.48 bits per heavy atom. The number of halogens is 2. The molecule has 0 unspecified atom stereocenters. The van der Waals surface area contributed by atoms with E-state index in [0.717, 1.165) is 25.7 Å². The van der Waals surface area contributed by atoms with Gasteiger partial charge in [0, 0.05) is 37.3 Å². The Bertz CT molecular complexity index is 1030. The second-order valence-corrected chi connectivity index (χ2v) is 9.86. The summed E-state index contributed by atoms with van der Waals surface area (Å²) in [5.41, 5.74) is 0.205. The molecular formula is C20H23Cl2N3O5S. The summed E-state index contributed by atoms with van der Waals surface area (Å²) in [7, 11) is -4.02. The van der Waals surface area contributed by atoms with Crippen LogP contribution in [0.4, 0.5) is 5.69 Å². The van der Waals surface area contributed by atoms with E-state index in [4.69, 9.17) is 27.9 Å². The molecule has 0 aliphatic carbocycles. The fourth-order valence-electron chi connectivity index (χ4n) is 3.34. The first kappa shape index (κ1) is 23.9. The lowest BCUT2D eigenvalue weighted by molar-refractivity contribution is -0.384. The number of hydrogen-bond donors (Lipinski definition) is 0. The lowest BCUT2D eigenvalue weighted by atomic mass is 10.2. The van der Waals surface area contributed by atoms with Crippen molar-refractivity contribution in [3.05, 3.63) is 68.2 Å². The molecule has 0 N–H and O–H groups in total. The molecule has 1 heterocycles.